The zero-order valence-corrected chi connectivity index (χ0v) is 17.6. The SMILES string of the molecule is CCC(OCCOS(=O)(=O)c1ccc(C)cc1)OS(=O)(=O)c1ccc(C)cc1. The Bertz CT molecular complexity index is 964. The third-order valence-electron chi connectivity index (χ3n) is 3.81. The number of hydrogen-bond donors (Lipinski definition) is 0. The molecule has 1 unspecified atom stereocenters. The summed E-state index contributed by atoms with van der Waals surface area (Å²) in [5.74, 6) is 0. The summed E-state index contributed by atoms with van der Waals surface area (Å²) in [4.78, 5) is 0.0710. The van der Waals surface area contributed by atoms with Gasteiger partial charge in [0.25, 0.3) is 20.2 Å². The van der Waals surface area contributed by atoms with E-state index < -0.39 is 26.5 Å². The highest BCUT2D eigenvalue weighted by Gasteiger charge is 2.22. The first-order chi connectivity index (χ1) is 13.1. The Kier molecular flexibility index (Phi) is 7.73. The van der Waals surface area contributed by atoms with Gasteiger partial charge in [0.1, 0.15) is 0 Å². The third-order valence-corrected chi connectivity index (χ3v) is 6.46. The van der Waals surface area contributed by atoms with E-state index in [0.717, 1.165) is 11.1 Å². The van der Waals surface area contributed by atoms with Crippen molar-refractivity contribution in [3.05, 3.63) is 59.7 Å². The van der Waals surface area contributed by atoms with Crippen molar-refractivity contribution >= 4 is 20.2 Å². The van der Waals surface area contributed by atoms with Gasteiger partial charge in [0, 0.05) is 0 Å². The molecule has 154 valence electrons. The van der Waals surface area contributed by atoms with Crippen LogP contribution >= 0.6 is 0 Å². The number of aryl methyl sites for hydroxylation is 2. The molecule has 0 saturated carbocycles. The molecular weight excluding hydrogens is 404 g/mol. The monoisotopic (exact) mass is 428 g/mol. The Balaban J connectivity index is 1.88. The molecule has 2 aromatic carbocycles. The smallest absolute Gasteiger partial charge is 0.299 e. The molecule has 0 fully saturated rings. The van der Waals surface area contributed by atoms with E-state index in [-0.39, 0.29) is 29.4 Å². The highest BCUT2D eigenvalue weighted by molar-refractivity contribution is 7.87. The van der Waals surface area contributed by atoms with Gasteiger partial charge in [0.2, 0.25) is 0 Å². The van der Waals surface area contributed by atoms with Crippen molar-refractivity contribution in [1.29, 1.82) is 0 Å². The lowest BCUT2D eigenvalue weighted by Gasteiger charge is -2.16. The van der Waals surface area contributed by atoms with Crippen LogP contribution in [0.5, 0.6) is 0 Å². The van der Waals surface area contributed by atoms with Crippen LogP contribution in [0.15, 0.2) is 58.3 Å². The first kappa shape index (κ1) is 22.5. The Morgan fingerprint density at radius 2 is 1.21 bits per heavy atom. The van der Waals surface area contributed by atoms with E-state index in [1.165, 1.54) is 24.3 Å². The van der Waals surface area contributed by atoms with E-state index in [1.807, 2.05) is 13.8 Å². The van der Waals surface area contributed by atoms with Gasteiger partial charge in [-0.3, -0.25) is 4.18 Å². The molecule has 0 heterocycles. The molecule has 2 rings (SSSR count). The molecular formula is C19H24O7S2. The lowest BCUT2D eigenvalue weighted by atomic mass is 10.2. The Labute approximate surface area is 166 Å². The van der Waals surface area contributed by atoms with Crippen molar-refractivity contribution in [1.82, 2.24) is 0 Å². The summed E-state index contributed by atoms with van der Waals surface area (Å²) in [6, 6.07) is 12.5. The molecule has 0 bridgehead atoms. The van der Waals surface area contributed by atoms with Gasteiger partial charge in [-0.1, -0.05) is 42.3 Å². The first-order valence-electron chi connectivity index (χ1n) is 8.72. The van der Waals surface area contributed by atoms with Crippen LogP contribution in [0.4, 0.5) is 0 Å². The first-order valence-corrected chi connectivity index (χ1v) is 11.5. The second-order valence-corrected chi connectivity index (χ2v) is 9.35. The molecule has 0 aliphatic heterocycles. The Hall–Kier alpha value is -1.78. The molecule has 28 heavy (non-hydrogen) atoms. The van der Waals surface area contributed by atoms with E-state index in [4.69, 9.17) is 13.1 Å². The third kappa shape index (κ3) is 6.39. The van der Waals surface area contributed by atoms with Gasteiger partial charge >= 0.3 is 0 Å². The number of ether oxygens (including phenoxy) is 1. The van der Waals surface area contributed by atoms with Crippen LogP contribution in [0.3, 0.4) is 0 Å². The number of rotatable bonds is 10. The summed E-state index contributed by atoms with van der Waals surface area (Å²) in [5.41, 5.74) is 1.86. The maximum absolute atomic E-state index is 12.3. The highest BCUT2D eigenvalue weighted by atomic mass is 32.2. The fourth-order valence-electron chi connectivity index (χ4n) is 2.21. The molecule has 0 spiro atoms. The van der Waals surface area contributed by atoms with Crippen LogP contribution in [0.1, 0.15) is 24.5 Å². The van der Waals surface area contributed by atoms with E-state index in [9.17, 15) is 16.8 Å². The molecule has 1 atom stereocenters. The van der Waals surface area contributed by atoms with E-state index >= 15 is 0 Å². The molecule has 9 heteroatoms. The summed E-state index contributed by atoms with van der Waals surface area (Å²) < 4.78 is 64.1. The highest BCUT2D eigenvalue weighted by Crippen LogP contribution is 2.17. The van der Waals surface area contributed by atoms with Gasteiger partial charge in [0.15, 0.2) is 6.29 Å². The fourth-order valence-corrected chi connectivity index (χ4v) is 4.16. The van der Waals surface area contributed by atoms with Crippen molar-refractivity contribution in [2.24, 2.45) is 0 Å². The van der Waals surface area contributed by atoms with Gasteiger partial charge in [-0.15, -0.1) is 0 Å². The summed E-state index contributed by atoms with van der Waals surface area (Å²) in [6.45, 7) is 4.98. The van der Waals surface area contributed by atoms with E-state index in [0.29, 0.717) is 0 Å². The molecule has 0 aliphatic rings. The summed E-state index contributed by atoms with van der Waals surface area (Å²) in [7, 11) is -7.89. The van der Waals surface area contributed by atoms with Crippen molar-refractivity contribution in [3.8, 4) is 0 Å². The zero-order valence-electron chi connectivity index (χ0n) is 16.0. The van der Waals surface area contributed by atoms with Gasteiger partial charge in [-0.05, 0) is 44.5 Å². The summed E-state index contributed by atoms with van der Waals surface area (Å²) >= 11 is 0. The van der Waals surface area contributed by atoms with Crippen molar-refractivity contribution < 1.29 is 29.9 Å². The van der Waals surface area contributed by atoms with Crippen LogP contribution in [0, 0.1) is 13.8 Å². The minimum atomic E-state index is -3.99. The van der Waals surface area contributed by atoms with Crippen LogP contribution < -0.4 is 0 Å². The standard InChI is InChI=1S/C19H24O7S2/c1-4-19(26-28(22,23)18-11-7-16(3)8-12-18)24-13-14-25-27(20,21)17-9-5-15(2)6-10-17/h5-12,19H,4,13-14H2,1-3H3. The van der Waals surface area contributed by atoms with Gasteiger partial charge in [-0.25, -0.2) is 4.18 Å². The molecule has 7 nitrogen and oxygen atoms in total. The van der Waals surface area contributed by atoms with Crippen LogP contribution in [0.25, 0.3) is 0 Å². The Morgan fingerprint density at radius 1 is 0.750 bits per heavy atom. The fraction of sp³-hybridized carbons (Fsp3) is 0.368. The maximum atomic E-state index is 12.3. The Morgan fingerprint density at radius 3 is 1.68 bits per heavy atom. The molecule has 2 aromatic rings. The predicted molar refractivity (Wildman–Crippen MR) is 104 cm³/mol. The minimum Gasteiger partial charge on any atom is -0.349 e. The lowest BCUT2D eigenvalue weighted by Crippen LogP contribution is -2.23. The van der Waals surface area contributed by atoms with Crippen molar-refractivity contribution in [2.45, 2.75) is 43.3 Å². The average Bonchev–Trinajstić information content (AvgIpc) is 2.65. The van der Waals surface area contributed by atoms with Gasteiger partial charge in [-0.2, -0.15) is 16.8 Å². The maximum Gasteiger partial charge on any atom is 0.299 e. The summed E-state index contributed by atoms with van der Waals surface area (Å²) in [6.07, 6.45) is -0.785. The van der Waals surface area contributed by atoms with Crippen molar-refractivity contribution in [3.63, 3.8) is 0 Å². The molecule has 0 aliphatic carbocycles. The molecule has 0 radical (unpaired) electrons. The van der Waals surface area contributed by atoms with Crippen LogP contribution in [-0.4, -0.2) is 36.3 Å². The second kappa shape index (κ2) is 9.62. The second-order valence-electron chi connectivity index (χ2n) is 6.16. The number of benzene rings is 2. The largest absolute Gasteiger partial charge is 0.349 e. The molecule has 0 N–H and O–H groups in total. The van der Waals surface area contributed by atoms with Crippen LogP contribution in [-0.2, 0) is 33.3 Å². The topological polar surface area (TPSA) is 96.0 Å². The lowest BCUT2D eigenvalue weighted by molar-refractivity contribution is -0.0842. The minimum absolute atomic E-state index is 0.0262. The van der Waals surface area contributed by atoms with Gasteiger partial charge < -0.3 is 4.74 Å². The van der Waals surface area contributed by atoms with E-state index in [2.05, 4.69) is 0 Å². The van der Waals surface area contributed by atoms with E-state index in [1.54, 1.807) is 31.2 Å². The molecule has 0 aromatic heterocycles. The predicted octanol–water partition coefficient (Wildman–Crippen LogP) is 3.17. The molecule has 0 saturated heterocycles. The van der Waals surface area contributed by atoms with Crippen molar-refractivity contribution in [2.75, 3.05) is 13.2 Å². The molecule has 0 amide bonds. The zero-order chi connectivity index (χ0) is 20.8. The van der Waals surface area contributed by atoms with Gasteiger partial charge in [0.05, 0.1) is 23.0 Å². The number of hydrogen-bond acceptors (Lipinski definition) is 7. The quantitative estimate of drug-likeness (QED) is 0.326. The normalized spacial score (nSPS) is 13.4. The van der Waals surface area contributed by atoms with Crippen LogP contribution in [0.2, 0.25) is 0 Å². The summed E-state index contributed by atoms with van der Waals surface area (Å²) in [5, 5.41) is 0. The average molecular weight is 429 g/mol.